The van der Waals surface area contributed by atoms with Crippen LogP contribution in [0.15, 0.2) is 4.90 Å². The first kappa shape index (κ1) is 16.2. The Morgan fingerprint density at radius 2 is 1.86 bits per heavy atom. The lowest BCUT2D eigenvalue weighted by Crippen LogP contribution is -2.46. The topological polar surface area (TPSA) is 96.5 Å². The van der Waals surface area contributed by atoms with E-state index >= 15 is 0 Å². The molecule has 1 aromatic heterocycles. The molecule has 0 amide bonds. The van der Waals surface area contributed by atoms with Gasteiger partial charge in [-0.05, 0) is 14.0 Å². The zero-order valence-electron chi connectivity index (χ0n) is 12.8. The van der Waals surface area contributed by atoms with Crippen LogP contribution in [0, 0.1) is 6.92 Å². The van der Waals surface area contributed by atoms with E-state index in [2.05, 4.69) is 26.7 Å². The molecular weight excluding hydrogens is 292 g/mol. The number of hydrogen-bond donors (Lipinski definition) is 2. The molecule has 2 rings (SSSR count). The third-order valence-electron chi connectivity index (χ3n) is 3.89. The number of rotatable bonds is 5. The fraction of sp³-hybridized carbons (Fsp3) is 0.750. The van der Waals surface area contributed by atoms with Crippen molar-refractivity contribution in [2.45, 2.75) is 11.8 Å². The lowest BCUT2D eigenvalue weighted by atomic mass is 10.3. The van der Waals surface area contributed by atoms with Gasteiger partial charge < -0.3 is 10.6 Å². The van der Waals surface area contributed by atoms with E-state index in [9.17, 15) is 8.42 Å². The maximum absolute atomic E-state index is 12.3. The molecule has 0 aliphatic carbocycles. The molecule has 3 N–H and O–H groups in total. The number of anilines is 1. The third kappa shape index (κ3) is 3.73. The summed E-state index contributed by atoms with van der Waals surface area (Å²) in [5.41, 5.74) is 6.23. The highest BCUT2D eigenvalue weighted by Gasteiger charge is 2.24. The second-order valence-corrected chi connectivity index (χ2v) is 7.17. The zero-order chi connectivity index (χ0) is 15.6. The molecule has 0 aromatic carbocycles. The highest BCUT2D eigenvalue weighted by atomic mass is 32.2. The van der Waals surface area contributed by atoms with Crippen LogP contribution in [0.1, 0.15) is 5.69 Å². The van der Waals surface area contributed by atoms with E-state index in [1.165, 1.54) is 4.68 Å². The monoisotopic (exact) mass is 316 g/mol. The van der Waals surface area contributed by atoms with E-state index in [0.717, 1.165) is 26.2 Å². The predicted molar refractivity (Wildman–Crippen MR) is 81.5 cm³/mol. The SMILES string of the molecule is Cc1c(S(=O)(=O)NCCN2CCN(C)CC2)c(N)nn1C. The molecule has 9 heteroatoms. The Bertz CT molecular complexity index is 589. The summed E-state index contributed by atoms with van der Waals surface area (Å²) in [5.74, 6) is 0.0436. The van der Waals surface area contributed by atoms with Gasteiger partial charge in [-0.2, -0.15) is 5.10 Å². The Balaban J connectivity index is 1.93. The van der Waals surface area contributed by atoms with E-state index < -0.39 is 10.0 Å². The van der Waals surface area contributed by atoms with Crippen LogP contribution in [-0.4, -0.2) is 74.3 Å². The minimum atomic E-state index is -3.61. The summed E-state index contributed by atoms with van der Waals surface area (Å²) in [6.45, 7) is 6.73. The molecule has 0 spiro atoms. The number of likely N-dealkylation sites (N-methyl/N-ethyl adjacent to an activating group) is 1. The number of aromatic nitrogens is 2. The van der Waals surface area contributed by atoms with Gasteiger partial charge in [0, 0.05) is 46.3 Å². The maximum Gasteiger partial charge on any atom is 0.246 e. The van der Waals surface area contributed by atoms with Crippen molar-refractivity contribution in [1.29, 1.82) is 0 Å². The number of nitrogen functional groups attached to an aromatic ring is 1. The Labute approximate surface area is 125 Å². The molecule has 0 saturated carbocycles. The Morgan fingerprint density at radius 3 is 2.38 bits per heavy atom. The molecule has 1 aliphatic heterocycles. The van der Waals surface area contributed by atoms with Crippen molar-refractivity contribution in [3.05, 3.63) is 5.69 Å². The van der Waals surface area contributed by atoms with Gasteiger partial charge in [0.25, 0.3) is 0 Å². The molecule has 0 atom stereocenters. The van der Waals surface area contributed by atoms with Gasteiger partial charge in [-0.1, -0.05) is 0 Å². The quantitative estimate of drug-likeness (QED) is 0.711. The molecule has 120 valence electrons. The van der Waals surface area contributed by atoms with E-state index in [0.29, 0.717) is 18.8 Å². The molecule has 21 heavy (non-hydrogen) atoms. The molecule has 2 heterocycles. The van der Waals surface area contributed by atoms with Crippen LogP contribution in [0.4, 0.5) is 5.82 Å². The number of sulfonamides is 1. The fourth-order valence-electron chi connectivity index (χ4n) is 2.43. The van der Waals surface area contributed by atoms with E-state index in [-0.39, 0.29) is 10.7 Å². The van der Waals surface area contributed by atoms with Gasteiger partial charge in [0.1, 0.15) is 4.90 Å². The van der Waals surface area contributed by atoms with Crippen molar-refractivity contribution in [1.82, 2.24) is 24.3 Å². The van der Waals surface area contributed by atoms with Gasteiger partial charge in [-0.15, -0.1) is 0 Å². The van der Waals surface area contributed by atoms with Gasteiger partial charge in [0.15, 0.2) is 5.82 Å². The number of aryl methyl sites for hydroxylation is 1. The van der Waals surface area contributed by atoms with Crippen molar-refractivity contribution in [3.8, 4) is 0 Å². The van der Waals surface area contributed by atoms with Crippen LogP contribution in [-0.2, 0) is 17.1 Å². The average molecular weight is 316 g/mol. The summed E-state index contributed by atoms with van der Waals surface area (Å²) in [5, 5.41) is 3.94. The van der Waals surface area contributed by atoms with Gasteiger partial charge >= 0.3 is 0 Å². The molecule has 1 fully saturated rings. The van der Waals surface area contributed by atoms with Gasteiger partial charge in [0.05, 0.1) is 5.69 Å². The fourth-order valence-corrected chi connectivity index (χ4v) is 3.77. The molecule has 8 nitrogen and oxygen atoms in total. The van der Waals surface area contributed by atoms with E-state index in [1.807, 2.05) is 0 Å². The van der Waals surface area contributed by atoms with Crippen molar-refractivity contribution in [2.75, 3.05) is 52.0 Å². The van der Waals surface area contributed by atoms with Gasteiger partial charge in [-0.25, -0.2) is 13.1 Å². The van der Waals surface area contributed by atoms with E-state index in [4.69, 9.17) is 5.73 Å². The van der Waals surface area contributed by atoms with Gasteiger partial charge in [-0.3, -0.25) is 9.58 Å². The Hall–Kier alpha value is -1.16. The van der Waals surface area contributed by atoms with Gasteiger partial charge in [0.2, 0.25) is 10.0 Å². The first-order valence-electron chi connectivity index (χ1n) is 7.01. The zero-order valence-corrected chi connectivity index (χ0v) is 13.7. The van der Waals surface area contributed by atoms with Crippen LogP contribution in [0.25, 0.3) is 0 Å². The minimum absolute atomic E-state index is 0.0436. The molecule has 1 aliphatic rings. The molecule has 0 unspecified atom stereocenters. The average Bonchev–Trinajstić information content (AvgIpc) is 2.66. The van der Waals surface area contributed by atoms with Crippen LogP contribution >= 0.6 is 0 Å². The normalized spacial score (nSPS) is 18.2. The number of hydrogen-bond acceptors (Lipinski definition) is 6. The minimum Gasteiger partial charge on any atom is -0.381 e. The highest BCUT2D eigenvalue weighted by molar-refractivity contribution is 7.89. The summed E-state index contributed by atoms with van der Waals surface area (Å²) in [6, 6.07) is 0. The Morgan fingerprint density at radius 1 is 1.24 bits per heavy atom. The largest absolute Gasteiger partial charge is 0.381 e. The summed E-state index contributed by atoms with van der Waals surface area (Å²) >= 11 is 0. The van der Waals surface area contributed by atoms with Crippen molar-refractivity contribution in [2.24, 2.45) is 7.05 Å². The summed E-state index contributed by atoms with van der Waals surface area (Å²) in [7, 11) is 0.159. The third-order valence-corrected chi connectivity index (χ3v) is 5.52. The smallest absolute Gasteiger partial charge is 0.246 e. The first-order valence-corrected chi connectivity index (χ1v) is 8.49. The number of piperazine rings is 1. The second-order valence-electron chi connectivity index (χ2n) is 5.47. The lowest BCUT2D eigenvalue weighted by Gasteiger charge is -2.32. The van der Waals surface area contributed by atoms with Crippen LogP contribution in [0.2, 0.25) is 0 Å². The van der Waals surface area contributed by atoms with Crippen molar-refractivity contribution < 1.29 is 8.42 Å². The standard InChI is InChI=1S/C12H24N6O2S/c1-10-11(12(13)15-17(10)3)21(19,20)14-4-5-18-8-6-16(2)7-9-18/h14H,4-9H2,1-3H3,(H2,13,15). The predicted octanol–water partition coefficient (Wildman–Crippen LogP) is -1.16. The first-order chi connectivity index (χ1) is 9.81. The molecule has 0 radical (unpaired) electrons. The van der Waals surface area contributed by atoms with Crippen LogP contribution < -0.4 is 10.5 Å². The molecule has 0 bridgehead atoms. The summed E-state index contributed by atoms with van der Waals surface area (Å²) in [4.78, 5) is 4.60. The second kappa shape index (κ2) is 6.30. The molecule has 1 aromatic rings. The Kier molecular flexibility index (Phi) is 4.87. The maximum atomic E-state index is 12.3. The number of nitrogens with two attached hydrogens (primary N) is 1. The van der Waals surface area contributed by atoms with Crippen LogP contribution in [0.3, 0.4) is 0 Å². The van der Waals surface area contributed by atoms with Crippen molar-refractivity contribution >= 4 is 15.8 Å². The highest BCUT2D eigenvalue weighted by Crippen LogP contribution is 2.20. The van der Waals surface area contributed by atoms with E-state index in [1.54, 1.807) is 14.0 Å². The number of nitrogens with zero attached hydrogens (tertiary/aromatic N) is 4. The molecule has 1 saturated heterocycles. The molecular formula is C12H24N6O2S. The van der Waals surface area contributed by atoms with Crippen molar-refractivity contribution in [3.63, 3.8) is 0 Å². The number of nitrogens with one attached hydrogen (secondary N) is 1. The summed E-state index contributed by atoms with van der Waals surface area (Å²) in [6.07, 6.45) is 0. The summed E-state index contributed by atoms with van der Waals surface area (Å²) < 4.78 is 28.7. The lowest BCUT2D eigenvalue weighted by molar-refractivity contribution is 0.156. The van der Waals surface area contributed by atoms with Crippen LogP contribution in [0.5, 0.6) is 0 Å².